The minimum Gasteiger partial charge on any atom is -0.390 e. The van der Waals surface area contributed by atoms with Crippen LogP contribution in [-0.4, -0.2) is 64.0 Å². The SMILES string of the molecule is Cn1nc([N+](=O)[O-])nc1N(CCN1CCOCC1)Cc1ccccc1F. The number of hydrogen-bond acceptors (Lipinski definition) is 7. The van der Waals surface area contributed by atoms with E-state index in [0.29, 0.717) is 31.3 Å². The molecule has 26 heavy (non-hydrogen) atoms. The normalized spacial score (nSPS) is 15.2. The van der Waals surface area contributed by atoms with Crippen molar-refractivity contribution in [1.82, 2.24) is 19.7 Å². The van der Waals surface area contributed by atoms with Crippen LogP contribution >= 0.6 is 0 Å². The molecule has 1 aliphatic rings. The highest BCUT2D eigenvalue weighted by Gasteiger charge is 2.25. The standard InChI is InChI=1S/C16H21FN6O3/c1-20-16(18-15(19-20)23(24)25)22(7-6-21-8-10-26-11-9-21)12-13-4-2-3-5-14(13)17/h2-5H,6-12H2,1H3. The first-order valence-electron chi connectivity index (χ1n) is 8.38. The quantitative estimate of drug-likeness (QED) is 0.539. The van der Waals surface area contributed by atoms with E-state index < -0.39 is 10.9 Å². The highest BCUT2D eigenvalue weighted by molar-refractivity contribution is 5.35. The van der Waals surface area contributed by atoms with Crippen molar-refractivity contribution in [3.05, 3.63) is 45.8 Å². The molecule has 2 aromatic rings. The van der Waals surface area contributed by atoms with Crippen molar-refractivity contribution in [1.29, 1.82) is 0 Å². The average Bonchev–Trinajstić information content (AvgIpc) is 3.03. The van der Waals surface area contributed by atoms with E-state index in [1.54, 1.807) is 25.2 Å². The van der Waals surface area contributed by atoms with Crippen molar-refractivity contribution in [2.24, 2.45) is 7.05 Å². The summed E-state index contributed by atoms with van der Waals surface area (Å²) in [7, 11) is 1.60. The fourth-order valence-corrected chi connectivity index (χ4v) is 2.88. The molecular formula is C16H21FN6O3. The first kappa shape index (κ1) is 18.2. The Labute approximate surface area is 150 Å². The van der Waals surface area contributed by atoms with E-state index in [4.69, 9.17) is 4.74 Å². The zero-order chi connectivity index (χ0) is 18.5. The lowest BCUT2D eigenvalue weighted by Crippen LogP contribution is -2.42. The maximum atomic E-state index is 14.1. The second kappa shape index (κ2) is 8.19. The third-order valence-electron chi connectivity index (χ3n) is 4.28. The Morgan fingerprint density at radius 2 is 2.08 bits per heavy atom. The Bertz CT molecular complexity index is 762. The monoisotopic (exact) mass is 364 g/mol. The number of aryl methyl sites for hydroxylation is 1. The van der Waals surface area contributed by atoms with Gasteiger partial charge in [0.1, 0.15) is 5.82 Å². The van der Waals surface area contributed by atoms with Gasteiger partial charge in [-0.25, -0.2) is 4.39 Å². The molecule has 140 valence electrons. The number of nitrogens with zero attached hydrogens (tertiary/aromatic N) is 6. The molecule has 0 aliphatic carbocycles. The summed E-state index contributed by atoms with van der Waals surface area (Å²) in [6, 6.07) is 6.48. The van der Waals surface area contributed by atoms with Crippen molar-refractivity contribution >= 4 is 11.9 Å². The summed E-state index contributed by atoms with van der Waals surface area (Å²) in [6.45, 7) is 4.53. The molecule has 0 unspecified atom stereocenters. The predicted molar refractivity (Wildman–Crippen MR) is 92.4 cm³/mol. The number of anilines is 1. The van der Waals surface area contributed by atoms with E-state index in [-0.39, 0.29) is 12.4 Å². The van der Waals surface area contributed by atoms with E-state index >= 15 is 0 Å². The molecule has 1 saturated heterocycles. The number of halogens is 1. The van der Waals surface area contributed by atoms with Crippen LogP contribution in [0.15, 0.2) is 24.3 Å². The van der Waals surface area contributed by atoms with Crippen LogP contribution in [-0.2, 0) is 18.3 Å². The number of aromatic nitrogens is 3. The van der Waals surface area contributed by atoms with Crippen LogP contribution in [0.3, 0.4) is 0 Å². The molecule has 10 heteroatoms. The van der Waals surface area contributed by atoms with E-state index in [2.05, 4.69) is 15.0 Å². The van der Waals surface area contributed by atoms with Gasteiger partial charge in [0.15, 0.2) is 0 Å². The van der Waals surface area contributed by atoms with Gasteiger partial charge < -0.3 is 19.8 Å². The van der Waals surface area contributed by atoms with E-state index in [1.807, 2.05) is 4.90 Å². The van der Waals surface area contributed by atoms with Gasteiger partial charge in [0.25, 0.3) is 0 Å². The van der Waals surface area contributed by atoms with Gasteiger partial charge in [-0.1, -0.05) is 18.2 Å². The Morgan fingerprint density at radius 3 is 2.73 bits per heavy atom. The molecule has 3 rings (SSSR count). The number of hydrogen-bond donors (Lipinski definition) is 0. The molecular weight excluding hydrogens is 343 g/mol. The topological polar surface area (TPSA) is 89.6 Å². The largest absolute Gasteiger partial charge is 0.493 e. The lowest BCUT2D eigenvalue weighted by molar-refractivity contribution is -0.394. The van der Waals surface area contributed by atoms with Gasteiger partial charge >= 0.3 is 11.9 Å². The number of ether oxygens (including phenoxy) is 1. The van der Waals surface area contributed by atoms with Crippen LogP contribution in [0.25, 0.3) is 0 Å². The number of nitro groups is 1. The van der Waals surface area contributed by atoms with Crippen LogP contribution in [0.1, 0.15) is 5.56 Å². The summed E-state index contributed by atoms with van der Waals surface area (Å²) < 4.78 is 20.8. The molecule has 0 saturated carbocycles. The van der Waals surface area contributed by atoms with Gasteiger partial charge in [-0.3, -0.25) is 4.90 Å². The van der Waals surface area contributed by atoms with E-state index in [1.165, 1.54) is 10.7 Å². The molecule has 1 aromatic carbocycles. The molecule has 0 atom stereocenters. The number of morpholine rings is 1. The van der Waals surface area contributed by atoms with E-state index in [0.717, 1.165) is 19.6 Å². The maximum Gasteiger partial charge on any atom is 0.493 e. The summed E-state index contributed by atoms with van der Waals surface area (Å²) in [6.07, 6.45) is 0. The van der Waals surface area contributed by atoms with Gasteiger partial charge in [-0.15, -0.1) is 0 Å². The third-order valence-corrected chi connectivity index (χ3v) is 4.28. The Kier molecular flexibility index (Phi) is 5.74. The van der Waals surface area contributed by atoms with Gasteiger partial charge in [0.05, 0.1) is 19.8 Å². The smallest absolute Gasteiger partial charge is 0.390 e. The molecule has 2 heterocycles. The first-order valence-corrected chi connectivity index (χ1v) is 8.38. The fourth-order valence-electron chi connectivity index (χ4n) is 2.88. The molecule has 1 fully saturated rings. The highest BCUT2D eigenvalue weighted by atomic mass is 19.1. The van der Waals surface area contributed by atoms with Crippen molar-refractivity contribution < 1.29 is 14.1 Å². The zero-order valence-corrected chi connectivity index (χ0v) is 14.5. The van der Waals surface area contributed by atoms with Gasteiger partial charge in [0.2, 0.25) is 0 Å². The molecule has 1 aromatic heterocycles. The van der Waals surface area contributed by atoms with Crippen molar-refractivity contribution in [3.8, 4) is 0 Å². The van der Waals surface area contributed by atoms with Gasteiger partial charge in [-0.2, -0.15) is 4.68 Å². The van der Waals surface area contributed by atoms with Crippen molar-refractivity contribution in [2.75, 3.05) is 44.3 Å². The van der Waals surface area contributed by atoms with Gasteiger partial charge in [0, 0.05) is 43.9 Å². The molecule has 9 nitrogen and oxygen atoms in total. The average molecular weight is 364 g/mol. The lowest BCUT2D eigenvalue weighted by atomic mass is 10.2. The number of benzene rings is 1. The first-order chi connectivity index (χ1) is 12.5. The minimum absolute atomic E-state index is 0.251. The van der Waals surface area contributed by atoms with Crippen LogP contribution in [0.2, 0.25) is 0 Å². The molecule has 0 bridgehead atoms. The summed E-state index contributed by atoms with van der Waals surface area (Å²) in [5.74, 6) is -0.443. The van der Waals surface area contributed by atoms with Crippen LogP contribution in [0.5, 0.6) is 0 Å². The summed E-state index contributed by atoms with van der Waals surface area (Å²) >= 11 is 0. The number of rotatable bonds is 7. The second-order valence-corrected chi connectivity index (χ2v) is 6.06. The third kappa shape index (κ3) is 4.33. The molecule has 0 N–H and O–H groups in total. The lowest BCUT2D eigenvalue weighted by Gasteiger charge is -2.29. The van der Waals surface area contributed by atoms with Crippen molar-refractivity contribution in [3.63, 3.8) is 0 Å². The molecule has 0 radical (unpaired) electrons. The summed E-state index contributed by atoms with van der Waals surface area (Å²) in [5, 5.41) is 14.8. The van der Waals surface area contributed by atoms with E-state index in [9.17, 15) is 14.5 Å². The zero-order valence-electron chi connectivity index (χ0n) is 14.5. The second-order valence-electron chi connectivity index (χ2n) is 6.06. The van der Waals surface area contributed by atoms with Gasteiger partial charge in [-0.05, 0) is 16.0 Å². The fraction of sp³-hybridized carbons (Fsp3) is 0.500. The Hall–Kier alpha value is -2.59. The van der Waals surface area contributed by atoms with Crippen LogP contribution in [0.4, 0.5) is 16.3 Å². The minimum atomic E-state index is -0.632. The van der Waals surface area contributed by atoms with Crippen LogP contribution < -0.4 is 4.90 Å². The predicted octanol–water partition coefficient (Wildman–Crippen LogP) is 1.20. The summed E-state index contributed by atoms with van der Waals surface area (Å²) in [5.41, 5.74) is 0.500. The van der Waals surface area contributed by atoms with Crippen LogP contribution in [0, 0.1) is 15.9 Å². The molecule has 0 amide bonds. The molecule has 0 spiro atoms. The summed E-state index contributed by atoms with van der Waals surface area (Å²) in [4.78, 5) is 18.4. The van der Waals surface area contributed by atoms with Crippen molar-refractivity contribution in [2.45, 2.75) is 6.54 Å². The maximum absolute atomic E-state index is 14.1. The Balaban J connectivity index is 1.80. The Morgan fingerprint density at radius 1 is 1.35 bits per heavy atom. The molecule has 1 aliphatic heterocycles. The highest BCUT2D eigenvalue weighted by Crippen LogP contribution is 2.19.